The lowest BCUT2D eigenvalue weighted by Crippen LogP contribution is -2.15. The fourth-order valence-corrected chi connectivity index (χ4v) is 1.68. The van der Waals surface area contributed by atoms with Crippen molar-refractivity contribution in [2.24, 2.45) is 0 Å². The molecule has 0 atom stereocenters. The van der Waals surface area contributed by atoms with E-state index in [1.54, 1.807) is 0 Å². The van der Waals surface area contributed by atoms with Crippen LogP contribution in [0.15, 0.2) is 28.8 Å². The van der Waals surface area contributed by atoms with Crippen LogP contribution in [0.2, 0.25) is 0 Å². The summed E-state index contributed by atoms with van der Waals surface area (Å²) in [6.07, 6.45) is 1.11. The number of rotatable bonds is 7. The molecule has 0 bridgehead atoms. The Bertz CT molecular complexity index is 405. The first-order valence-electron chi connectivity index (χ1n) is 6.05. The van der Waals surface area contributed by atoms with Crippen molar-refractivity contribution in [3.05, 3.63) is 39.9 Å². The van der Waals surface area contributed by atoms with Gasteiger partial charge >= 0.3 is 0 Å². The molecule has 0 unspecified atom stereocenters. The molecule has 1 rings (SSSR count). The molecule has 1 aromatic rings. The van der Waals surface area contributed by atoms with Crippen LogP contribution in [0, 0.1) is 6.92 Å². The Balaban J connectivity index is 2.69. The summed E-state index contributed by atoms with van der Waals surface area (Å²) in [6.45, 7) is 6.31. The van der Waals surface area contributed by atoms with E-state index < -0.39 is 0 Å². The number of benzene rings is 1. The Morgan fingerprint density at radius 1 is 1.44 bits per heavy atom. The molecular weight excluding hydrogens is 269 g/mol. The molecule has 18 heavy (non-hydrogen) atoms. The van der Waals surface area contributed by atoms with Crippen LogP contribution in [-0.2, 0) is 6.54 Å². The number of halogens is 2. The van der Waals surface area contributed by atoms with Gasteiger partial charge in [0.1, 0.15) is 12.4 Å². The predicted octanol–water partition coefficient (Wildman–Crippen LogP) is 4.19. The fraction of sp³-hybridized carbons (Fsp3) is 0.429. The number of aryl methyl sites for hydroxylation is 1. The third-order valence-electron chi connectivity index (χ3n) is 2.44. The van der Waals surface area contributed by atoms with Gasteiger partial charge in [-0.2, -0.15) is 0 Å². The highest BCUT2D eigenvalue weighted by Gasteiger charge is 2.04. The molecule has 0 saturated carbocycles. The van der Waals surface area contributed by atoms with E-state index in [4.69, 9.17) is 27.9 Å². The van der Waals surface area contributed by atoms with Crippen LogP contribution >= 0.6 is 23.2 Å². The summed E-state index contributed by atoms with van der Waals surface area (Å²) in [7, 11) is 0. The molecule has 1 aromatic carbocycles. The zero-order valence-electron chi connectivity index (χ0n) is 10.8. The highest BCUT2D eigenvalue weighted by Crippen LogP contribution is 2.21. The maximum atomic E-state index is 5.81. The largest absolute Gasteiger partial charge is 0.488 e. The van der Waals surface area contributed by atoms with Gasteiger partial charge in [0.2, 0.25) is 0 Å². The zero-order chi connectivity index (χ0) is 13.4. The van der Waals surface area contributed by atoms with E-state index in [0.717, 1.165) is 30.8 Å². The number of nitrogens with one attached hydrogen (secondary N) is 1. The molecule has 0 fully saturated rings. The van der Waals surface area contributed by atoms with Crippen LogP contribution < -0.4 is 10.1 Å². The minimum atomic E-state index is 0.300. The molecule has 0 radical (unpaired) electrons. The minimum absolute atomic E-state index is 0.300. The van der Waals surface area contributed by atoms with E-state index >= 15 is 0 Å². The van der Waals surface area contributed by atoms with Crippen LogP contribution in [0.4, 0.5) is 0 Å². The lowest BCUT2D eigenvalue weighted by atomic mass is 10.1. The molecule has 1 N–H and O–H groups in total. The first-order valence-corrected chi connectivity index (χ1v) is 6.86. The highest BCUT2D eigenvalue weighted by molar-refractivity contribution is 6.36. The summed E-state index contributed by atoms with van der Waals surface area (Å²) in [4.78, 5) is 0. The molecule has 0 aromatic heterocycles. The molecule has 0 aliphatic heterocycles. The topological polar surface area (TPSA) is 21.3 Å². The summed E-state index contributed by atoms with van der Waals surface area (Å²) in [5, 5.41) is 3.86. The molecule has 4 heteroatoms. The first-order chi connectivity index (χ1) is 8.67. The monoisotopic (exact) mass is 287 g/mol. The Labute approximate surface area is 119 Å². The molecule has 0 amide bonds. The molecule has 0 aliphatic carbocycles. The van der Waals surface area contributed by atoms with Crippen molar-refractivity contribution in [1.82, 2.24) is 5.32 Å². The van der Waals surface area contributed by atoms with E-state index in [1.165, 1.54) is 11.1 Å². The minimum Gasteiger partial charge on any atom is -0.488 e. The first kappa shape index (κ1) is 15.4. The molecule has 100 valence electrons. The maximum absolute atomic E-state index is 5.81. The van der Waals surface area contributed by atoms with Crippen molar-refractivity contribution in [2.45, 2.75) is 26.8 Å². The van der Waals surface area contributed by atoms with Crippen molar-refractivity contribution in [1.29, 1.82) is 0 Å². The van der Waals surface area contributed by atoms with Crippen LogP contribution in [-0.4, -0.2) is 13.2 Å². The number of ether oxygens (including phenoxy) is 1. The van der Waals surface area contributed by atoms with Gasteiger partial charge < -0.3 is 10.1 Å². The van der Waals surface area contributed by atoms with Gasteiger partial charge in [0.05, 0.1) is 5.03 Å². The van der Waals surface area contributed by atoms with Crippen LogP contribution in [0.5, 0.6) is 5.75 Å². The van der Waals surface area contributed by atoms with E-state index in [-0.39, 0.29) is 0 Å². The van der Waals surface area contributed by atoms with Gasteiger partial charge in [0.25, 0.3) is 0 Å². The number of hydrogen-bond acceptors (Lipinski definition) is 2. The molecule has 2 nitrogen and oxygen atoms in total. The third-order valence-corrected chi connectivity index (χ3v) is 3.04. The lowest BCUT2D eigenvalue weighted by Gasteiger charge is -2.12. The van der Waals surface area contributed by atoms with E-state index in [9.17, 15) is 0 Å². The Morgan fingerprint density at radius 3 is 2.89 bits per heavy atom. The van der Waals surface area contributed by atoms with Crippen molar-refractivity contribution in [2.75, 3.05) is 13.2 Å². The summed E-state index contributed by atoms with van der Waals surface area (Å²) >= 11 is 11.3. The van der Waals surface area contributed by atoms with Gasteiger partial charge in [0, 0.05) is 17.6 Å². The second-order valence-corrected chi connectivity index (χ2v) is 4.84. The van der Waals surface area contributed by atoms with Crippen LogP contribution in [0.3, 0.4) is 0 Å². The zero-order valence-corrected chi connectivity index (χ0v) is 12.3. The van der Waals surface area contributed by atoms with Crippen molar-refractivity contribution in [3.8, 4) is 5.75 Å². The average molecular weight is 288 g/mol. The SMILES string of the molecule is CCCNCc1cc(C)ccc1OCC(Cl)=CCl. The van der Waals surface area contributed by atoms with Crippen molar-refractivity contribution < 1.29 is 4.74 Å². The van der Waals surface area contributed by atoms with Crippen LogP contribution in [0.25, 0.3) is 0 Å². The van der Waals surface area contributed by atoms with E-state index in [0.29, 0.717) is 11.6 Å². The predicted molar refractivity (Wildman–Crippen MR) is 78.5 cm³/mol. The fourth-order valence-electron chi connectivity index (χ4n) is 1.57. The van der Waals surface area contributed by atoms with Gasteiger partial charge in [-0.25, -0.2) is 0 Å². The highest BCUT2D eigenvalue weighted by atomic mass is 35.5. The maximum Gasteiger partial charge on any atom is 0.125 e. The summed E-state index contributed by atoms with van der Waals surface area (Å²) in [5.74, 6) is 0.848. The Hall–Kier alpha value is -0.700. The molecule has 0 heterocycles. The lowest BCUT2D eigenvalue weighted by molar-refractivity contribution is 0.354. The Morgan fingerprint density at radius 2 is 2.22 bits per heavy atom. The van der Waals surface area contributed by atoms with Crippen molar-refractivity contribution in [3.63, 3.8) is 0 Å². The molecule has 0 spiro atoms. The van der Waals surface area contributed by atoms with Crippen molar-refractivity contribution >= 4 is 23.2 Å². The smallest absolute Gasteiger partial charge is 0.125 e. The van der Waals surface area contributed by atoms with Gasteiger partial charge in [-0.3, -0.25) is 0 Å². The summed E-state index contributed by atoms with van der Waals surface area (Å²) in [5.41, 5.74) is 3.68. The normalized spacial score (nSPS) is 11.7. The second kappa shape index (κ2) is 8.41. The van der Waals surface area contributed by atoms with Gasteiger partial charge in [-0.15, -0.1) is 0 Å². The standard InChI is InChI=1S/C14H19Cl2NO/c1-3-6-17-9-12-7-11(2)4-5-14(12)18-10-13(16)8-15/h4-5,7-8,17H,3,6,9-10H2,1-2H3. The number of hydrogen-bond donors (Lipinski definition) is 1. The summed E-state index contributed by atoms with van der Waals surface area (Å²) < 4.78 is 5.65. The second-order valence-electron chi connectivity index (χ2n) is 4.13. The van der Waals surface area contributed by atoms with Gasteiger partial charge in [-0.1, -0.05) is 47.8 Å². The van der Waals surface area contributed by atoms with Gasteiger partial charge in [0.15, 0.2) is 0 Å². The molecular formula is C14H19Cl2NO. The van der Waals surface area contributed by atoms with E-state index in [1.807, 2.05) is 12.1 Å². The average Bonchev–Trinajstić information content (AvgIpc) is 2.37. The molecule has 0 aliphatic rings. The quantitative estimate of drug-likeness (QED) is 0.759. The Kier molecular flexibility index (Phi) is 7.18. The summed E-state index contributed by atoms with van der Waals surface area (Å²) in [6, 6.07) is 6.12. The third kappa shape index (κ3) is 5.30. The van der Waals surface area contributed by atoms with Crippen LogP contribution in [0.1, 0.15) is 24.5 Å². The molecule has 0 saturated heterocycles. The van der Waals surface area contributed by atoms with E-state index in [2.05, 4.69) is 25.2 Å². The van der Waals surface area contributed by atoms with Gasteiger partial charge in [-0.05, 0) is 26.0 Å².